The summed E-state index contributed by atoms with van der Waals surface area (Å²) in [6, 6.07) is 29.8. The summed E-state index contributed by atoms with van der Waals surface area (Å²) in [6.07, 6.45) is 0.753. The first kappa shape index (κ1) is 49.6. The predicted octanol–water partition coefficient (Wildman–Crippen LogP) is 8.68. The van der Waals surface area contributed by atoms with E-state index < -0.39 is 22.9 Å². The first-order valence-corrected chi connectivity index (χ1v) is 22.5. The van der Waals surface area contributed by atoms with E-state index in [1.807, 2.05) is 6.07 Å². The first-order chi connectivity index (χ1) is 34.7. The lowest BCUT2D eigenvalue weighted by Gasteiger charge is -2.25. The number of aromatic nitrogens is 12. The molecule has 370 valence electrons. The highest BCUT2D eigenvalue weighted by Crippen LogP contribution is 2.41. The molecule has 0 aliphatic carbocycles. The molecule has 10 aromatic rings. The summed E-state index contributed by atoms with van der Waals surface area (Å²) in [4.78, 5) is 0. The van der Waals surface area contributed by atoms with Gasteiger partial charge in [0, 0.05) is 15.1 Å². The molecule has 6 aromatic carbocycles. The minimum absolute atomic E-state index is 0.0634. The van der Waals surface area contributed by atoms with E-state index in [-0.39, 0.29) is 84.7 Å². The molecule has 1 unspecified atom stereocenters. The van der Waals surface area contributed by atoms with Gasteiger partial charge in [-0.2, -0.15) is 13.2 Å². The fraction of sp³-hybridized carbons (Fsp3) is 0.102. The molecule has 0 aliphatic rings. The number of hydrogen-bond acceptors (Lipinski definition) is 14. The number of aryl methyl sites for hydroxylation is 2. The third kappa shape index (κ3) is 9.74. The van der Waals surface area contributed by atoms with Gasteiger partial charge in [-0.3, -0.25) is 0 Å². The minimum atomic E-state index is -4.70. The van der Waals surface area contributed by atoms with Crippen molar-refractivity contribution >= 4 is 34.8 Å². The van der Waals surface area contributed by atoms with Crippen molar-refractivity contribution in [3.8, 4) is 45.7 Å². The van der Waals surface area contributed by atoms with Crippen molar-refractivity contribution in [3.63, 3.8) is 0 Å². The molecular weight excluding hydrogens is 1020 g/mol. The van der Waals surface area contributed by atoms with Crippen LogP contribution in [-0.2, 0) is 17.4 Å². The molecule has 10 rings (SSSR count). The number of halogens is 6. The van der Waals surface area contributed by atoms with Crippen molar-refractivity contribution in [1.82, 2.24) is 60.0 Å². The van der Waals surface area contributed by atoms with Crippen LogP contribution in [0.3, 0.4) is 0 Å². The van der Waals surface area contributed by atoms with E-state index in [0.29, 0.717) is 15.6 Å². The molecule has 0 amide bonds. The number of phenols is 4. The molecule has 1 atom stereocenters. The smallest absolute Gasteiger partial charge is 0.416 e. The van der Waals surface area contributed by atoms with E-state index in [1.54, 1.807) is 55.5 Å². The Bertz CT molecular complexity index is 3480. The number of rotatable bonds is 10. The molecule has 0 spiro atoms. The Labute approximate surface area is 425 Å². The number of benzene rings is 6. The Balaban J connectivity index is 0.000000181. The molecule has 0 bridgehead atoms. The largest absolute Gasteiger partial charge is 0.506 e. The fourth-order valence-electron chi connectivity index (χ4n) is 7.74. The highest BCUT2D eigenvalue weighted by Gasteiger charge is 2.43. The molecule has 0 fully saturated rings. The Morgan fingerprint density at radius 2 is 0.740 bits per heavy atom. The Hall–Kier alpha value is -8.34. The van der Waals surface area contributed by atoms with Crippen molar-refractivity contribution in [2.45, 2.75) is 31.2 Å². The van der Waals surface area contributed by atoms with Crippen LogP contribution < -0.4 is 0 Å². The average Bonchev–Trinajstić information content (AvgIpc) is 4.23. The van der Waals surface area contributed by atoms with Crippen LogP contribution in [0.5, 0.6) is 23.0 Å². The van der Waals surface area contributed by atoms with Crippen molar-refractivity contribution in [1.29, 1.82) is 0 Å². The van der Waals surface area contributed by atoms with Crippen LogP contribution in [0.25, 0.3) is 22.7 Å². The molecule has 4 aromatic heterocycles. The fourth-order valence-corrected chi connectivity index (χ4v) is 8.23. The van der Waals surface area contributed by atoms with Gasteiger partial charge in [-0.15, -0.1) is 20.4 Å². The topological polar surface area (TPSA) is 244 Å². The summed E-state index contributed by atoms with van der Waals surface area (Å²) in [5.74, 6) is -0.453. The van der Waals surface area contributed by atoms with Crippen LogP contribution in [0, 0.1) is 13.8 Å². The zero-order valence-electron chi connectivity index (χ0n) is 37.7. The summed E-state index contributed by atoms with van der Waals surface area (Å²) in [5, 5.41) is 98.8. The molecule has 0 saturated carbocycles. The zero-order chi connectivity index (χ0) is 52.0. The maximum absolute atomic E-state index is 13.7. The number of alkyl halides is 3. The minimum Gasteiger partial charge on any atom is -0.506 e. The van der Waals surface area contributed by atoms with Gasteiger partial charge >= 0.3 is 6.18 Å². The molecule has 18 nitrogen and oxygen atoms in total. The summed E-state index contributed by atoms with van der Waals surface area (Å²) in [6.45, 7) is 3.26. The lowest BCUT2D eigenvalue weighted by Crippen LogP contribution is -2.30. The number of hydrogen-bond donors (Lipinski definition) is 6. The quantitative estimate of drug-likeness (QED) is 0.0751. The molecule has 73 heavy (non-hydrogen) atoms. The van der Waals surface area contributed by atoms with Crippen LogP contribution in [0.4, 0.5) is 13.2 Å². The maximum atomic E-state index is 13.7. The van der Waals surface area contributed by atoms with Crippen molar-refractivity contribution < 1.29 is 43.8 Å². The summed E-state index contributed by atoms with van der Waals surface area (Å²) < 4.78 is 46.1. The van der Waals surface area contributed by atoms with Gasteiger partial charge in [0.05, 0.1) is 30.4 Å². The van der Waals surface area contributed by atoms with Gasteiger partial charge in [0.15, 0.2) is 11.2 Å². The second kappa shape index (κ2) is 19.3. The second-order valence-corrected chi connectivity index (χ2v) is 17.8. The van der Waals surface area contributed by atoms with E-state index >= 15 is 0 Å². The van der Waals surface area contributed by atoms with E-state index in [1.165, 1.54) is 100 Å². The predicted molar refractivity (Wildman–Crippen MR) is 259 cm³/mol. The van der Waals surface area contributed by atoms with Crippen LogP contribution in [0.2, 0.25) is 15.1 Å². The van der Waals surface area contributed by atoms with Gasteiger partial charge in [0.1, 0.15) is 68.5 Å². The van der Waals surface area contributed by atoms with E-state index in [2.05, 4.69) is 41.2 Å². The SMILES string of the molecule is Cc1cc(C(F)(F)F)cc(C(O)(c2cn(-c3cc(C)ccc3O)nn2)c2cn(-c3cc(Cl)ccc3O)nn2)c1.Oc1ccc(Cl)cc1-n1cc(C(O)(c2ccccc2)c2cn(-c3cc(Cl)ccc3O)nn2)nn1. The molecule has 6 N–H and O–H groups in total. The molecule has 0 aliphatic heterocycles. The summed E-state index contributed by atoms with van der Waals surface area (Å²) in [7, 11) is 0. The van der Waals surface area contributed by atoms with Crippen molar-refractivity contribution in [2.75, 3.05) is 0 Å². The summed E-state index contributed by atoms with van der Waals surface area (Å²) in [5.41, 5.74) is -3.15. The second-order valence-electron chi connectivity index (χ2n) is 16.5. The molecule has 24 heteroatoms. The maximum Gasteiger partial charge on any atom is 0.416 e. The Kier molecular flexibility index (Phi) is 13.2. The number of nitrogens with zero attached hydrogens (tertiary/aromatic N) is 12. The van der Waals surface area contributed by atoms with E-state index in [0.717, 1.165) is 22.4 Å². The molecule has 0 saturated heterocycles. The van der Waals surface area contributed by atoms with E-state index in [4.69, 9.17) is 34.8 Å². The van der Waals surface area contributed by atoms with Gasteiger partial charge in [-0.05, 0) is 109 Å². The standard InChI is InChI=1S/C26H20ClF3N6O3.C23H16Cl2N6O3/c1-14-3-5-21(37)19(9-14)35-12-23(31-33-35)25(39,16-7-15(2)8-17(10-16)26(28,29)30)24-13-36(34-32-24)20-11-18(27)4-6-22(20)38;24-15-6-8-19(32)17(10-15)30-12-21(26-28-30)23(34,14-4-2-1-3-5-14)22-13-31(29-27-22)18-11-16(25)7-9-20(18)33/h3-13,37-39H,1-2H3;1-13,32-34H. The number of phenolic OH excluding ortho intramolecular Hbond substituents is 4. The normalized spacial score (nSPS) is 12.6. The van der Waals surface area contributed by atoms with Crippen LogP contribution in [0.1, 0.15) is 50.6 Å². The highest BCUT2D eigenvalue weighted by atomic mass is 35.5. The number of aliphatic hydroxyl groups is 2. The van der Waals surface area contributed by atoms with Gasteiger partial charge in [0.25, 0.3) is 0 Å². The van der Waals surface area contributed by atoms with Crippen LogP contribution >= 0.6 is 34.8 Å². The lowest BCUT2D eigenvalue weighted by atomic mass is 9.86. The molecule has 0 radical (unpaired) electrons. The highest BCUT2D eigenvalue weighted by molar-refractivity contribution is 6.31. The van der Waals surface area contributed by atoms with Gasteiger partial charge < -0.3 is 30.6 Å². The monoisotopic (exact) mass is 1050 g/mol. The first-order valence-electron chi connectivity index (χ1n) is 21.4. The van der Waals surface area contributed by atoms with Crippen molar-refractivity contribution in [2.24, 2.45) is 0 Å². The van der Waals surface area contributed by atoms with E-state index in [9.17, 15) is 43.8 Å². The number of aromatic hydroxyl groups is 4. The Morgan fingerprint density at radius 1 is 0.397 bits per heavy atom. The zero-order valence-corrected chi connectivity index (χ0v) is 39.9. The van der Waals surface area contributed by atoms with Gasteiger partial charge in [-0.25, -0.2) is 18.7 Å². The van der Waals surface area contributed by atoms with Crippen molar-refractivity contribution in [3.05, 3.63) is 212 Å². The summed E-state index contributed by atoms with van der Waals surface area (Å²) >= 11 is 18.2. The van der Waals surface area contributed by atoms with Gasteiger partial charge in [-0.1, -0.05) is 104 Å². The lowest BCUT2D eigenvalue weighted by molar-refractivity contribution is -0.137. The average molecular weight is 1050 g/mol. The Morgan fingerprint density at radius 3 is 1.12 bits per heavy atom. The van der Waals surface area contributed by atoms with Crippen LogP contribution in [-0.4, -0.2) is 90.6 Å². The van der Waals surface area contributed by atoms with Crippen LogP contribution in [0.15, 0.2) is 146 Å². The molecular formula is C49H36Cl3F3N12O6. The third-order valence-corrected chi connectivity index (χ3v) is 12.1. The molecule has 4 heterocycles. The van der Waals surface area contributed by atoms with Gasteiger partial charge in [0.2, 0.25) is 0 Å². The third-order valence-electron chi connectivity index (χ3n) is 11.4.